The molecule has 0 radical (unpaired) electrons. The van der Waals surface area contributed by atoms with Gasteiger partial charge in [-0.1, -0.05) is 0 Å². The zero-order valence-electron chi connectivity index (χ0n) is 6.71. The van der Waals surface area contributed by atoms with Crippen LogP contribution in [0.25, 0.3) is 0 Å². The van der Waals surface area contributed by atoms with Crippen molar-refractivity contribution < 1.29 is 0 Å². The highest BCUT2D eigenvalue weighted by molar-refractivity contribution is 5.57. The first-order chi connectivity index (χ1) is 5.47. The second-order valence-corrected chi connectivity index (χ2v) is 3.35. The van der Waals surface area contributed by atoms with Crippen LogP contribution in [0.1, 0.15) is 12.8 Å². The van der Waals surface area contributed by atoms with Crippen molar-refractivity contribution in [3.8, 4) is 0 Å². The maximum atomic E-state index is 4.18. The normalized spacial score (nSPS) is 32.2. The smallest absolute Gasteiger partial charge is 0.0827 e. The lowest BCUT2D eigenvalue weighted by atomic mass is 9.91. The van der Waals surface area contributed by atoms with E-state index in [4.69, 9.17) is 0 Å². The molecule has 1 fully saturated rings. The first-order valence-electron chi connectivity index (χ1n) is 4.42. The summed E-state index contributed by atoms with van der Waals surface area (Å²) in [5.74, 6) is 0.846. The fourth-order valence-electron chi connectivity index (χ4n) is 1.90. The molecule has 0 aliphatic carbocycles. The molecule has 2 heterocycles. The molecule has 1 saturated heterocycles. The predicted molar refractivity (Wildman–Crippen MR) is 45.9 cm³/mol. The Hall–Kier alpha value is -0.570. The minimum absolute atomic E-state index is 0.636. The molecule has 0 saturated carbocycles. The zero-order chi connectivity index (χ0) is 7.52. The fraction of sp³-hybridized carbons (Fsp3) is 0.875. The monoisotopic (exact) mass is 153 g/mol. The number of hydrogen-bond acceptors (Lipinski definition) is 3. The lowest BCUT2D eigenvalue weighted by Crippen LogP contribution is -2.40. The quantitative estimate of drug-likeness (QED) is 0.555. The van der Waals surface area contributed by atoms with Gasteiger partial charge in [-0.15, -0.1) is 0 Å². The van der Waals surface area contributed by atoms with Gasteiger partial charge in [0, 0.05) is 6.04 Å². The van der Waals surface area contributed by atoms with Gasteiger partial charge in [-0.2, -0.15) is 0 Å². The van der Waals surface area contributed by atoms with Crippen LogP contribution in [0, 0.1) is 5.92 Å². The molecular weight excluding hydrogens is 138 g/mol. The van der Waals surface area contributed by atoms with Crippen LogP contribution < -0.4 is 10.6 Å². The maximum Gasteiger partial charge on any atom is 0.0827 e. The molecule has 2 N–H and O–H groups in total. The Labute approximate surface area is 67.3 Å². The lowest BCUT2D eigenvalue weighted by molar-refractivity contribution is 0.314. The van der Waals surface area contributed by atoms with Crippen LogP contribution in [0.15, 0.2) is 4.99 Å². The molecule has 0 aromatic carbocycles. The third kappa shape index (κ3) is 1.53. The zero-order valence-corrected chi connectivity index (χ0v) is 6.71. The van der Waals surface area contributed by atoms with Crippen LogP contribution in [0.3, 0.4) is 0 Å². The molecular formula is C8H15N3. The van der Waals surface area contributed by atoms with Gasteiger partial charge in [-0.3, -0.25) is 4.99 Å². The van der Waals surface area contributed by atoms with Crippen LogP contribution in [0.4, 0.5) is 0 Å². The molecule has 1 unspecified atom stereocenters. The average Bonchev–Trinajstić information content (AvgIpc) is 2.58. The molecule has 3 heteroatoms. The lowest BCUT2D eigenvalue weighted by Gasteiger charge is -2.27. The van der Waals surface area contributed by atoms with Crippen molar-refractivity contribution >= 4 is 6.34 Å². The van der Waals surface area contributed by atoms with Crippen molar-refractivity contribution in [2.45, 2.75) is 18.9 Å². The van der Waals surface area contributed by atoms with E-state index < -0.39 is 0 Å². The first kappa shape index (κ1) is 7.10. The molecule has 3 nitrogen and oxygen atoms in total. The van der Waals surface area contributed by atoms with Gasteiger partial charge in [0.15, 0.2) is 0 Å². The number of piperidine rings is 1. The highest BCUT2D eigenvalue weighted by Gasteiger charge is 2.23. The summed E-state index contributed by atoms with van der Waals surface area (Å²) in [6.45, 7) is 3.36. The molecule has 1 atom stereocenters. The van der Waals surface area contributed by atoms with E-state index in [0.717, 1.165) is 12.5 Å². The summed E-state index contributed by atoms with van der Waals surface area (Å²) < 4.78 is 0. The second kappa shape index (κ2) is 3.22. The van der Waals surface area contributed by atoms with Crippen molar-refractivity contribution in [1.82, 2.24) is 10.6 Å². The molecule has 0 spiro atoms. The van der Waals surface area contributed by atoms with Crippen LogP contribution >= 0.6 is 0 Å². The number of aliphatic imine (C=N–C) groups is 1. The van der Waals surface area contributed by atoms with E-state index in [9.17, 15) is 0 Å². The number of nitrogens with zero attached hydrogens (tertiary/aromatic N) is 1. The molecule has 2 aliphatic heterocycles. The molecule has 0 bridgehead atoms. The summed E-state index contributed by atoms with van der Waals surface area (Å²) in [5, 5.41) is 6.68. The van der Waals surface area contributed by atoms with Gasteiger partial charge in [0.25, 0.3) is 0 Å². The van der Waals surface area contributed by atoms with Gasteiger partial charge in [0.05, 0.1) is 12.9 Å². The van der Waals surface area contributed by atoms with Gasteiger partial charge in [0.2, 0.25) is 0 Å². The summed E-state index contributed by atoms with van der Waals surface area (Å²) >= 11 is 0. The van der Waals surface area contributed by atoms with Gasteiger partial charge >= 0.3 is 0 Å². The van der Waals surface area contributed by atoms with Crippen molar-refractivity contribution in [2.24, 2.45) is 10.9 Å². The Balaban J connectivity index is 1.83. The summed E-state index contributed by atoms with van der Waals surface area (Å²) in [5.41, 5.74) is 0. The second-order valence-electron chi connectivity index (χ2n) is 3.35. The molecule has 2 aliphatic rings. The van der Waals surface area contributed by atoms with Gasteiger partial charge in [-0.25, -0.2) is 0 Å². The Kier molecular flexibility index (Phi) is 2.08. The molecule has 62 valence electrons. The third-order valence-electron chi connectivity index (χ3n) is 2.63. The Morgan fingerprint density at radius 2 is 2.09 bits per heavy atom. The minimum atomic E-state index is 0.636. The van der Waals surface area contributed by atoms with Crippen LogP contribution in [0.2, 0.25) is 0 Å². The number of nitrogens with one attached hydrogen (secondary N) is 2. The van der Waals surface area contributed by atoms with Crippen molar-refractivity contribution in [1.29, 1.82) is 0 Å². The number of hydrogen-bond donors (Lipinski definition) is 2. The summed E-state index contributed by atoms with van der Waals surface area (Å²) in [4.78, 5) is 4.18. The van der Waals surface area contributed by atoms with Crippen LogP contribution in [-0.2, 0) is 0 Å². The minimum Gasteiger partial charge on any atom is -0.372 e. The Morgan fingerprint density at radius 1 is 1.27 bits per heavy atom. The average molecular weight is 153 g/mol. The van der Waals surface area contributed by atoms with E-state index in [1.807, 2.05) is 6.34 Å². The summed E-state index contributed by atoms with van der Waals surface area (Å²) in [6, 6.07) is 0.636. The summed E-state index contributed by atoms with van der Waals surface area (Å²) in [6.07, 6.45) is 4.47. The SMILES string of the molecule is C1=NCC(C2CCNCC2)N1. The molecule has 11 heavy (non-hydrogen) atoms. The standard InChI is InChI=1S/C8H15N3/c1-3-9-4-2-7(1)8-5-10-6-11-8/h6-9H,1-5H2,(H,10,11). The Bertz CT molecular complexity index is 141. The first-order valence-corrected chi connectivity index (χ1v) is 4.42. The van der Waals surface area contributed by atoms with E-state index >= 15 is 0 Å². The number of rotatable bonds is 1. The Morgan fingerprint density at radius 3 is 2.73 bits per heavy atom. The molecule has 0 amide bonds. The van der Waals surface area contributed by atoms with Crippen molar-refractivity contribution in [3.05, 3.63) is 0 Å². The molecule has 2 rings (SSSR count). The van der Waals surface area contributed by atoms with Crippen molar-refractivity contribution in [3.63, 3.8) is 0 Å². The van der Waals surface area contributed by atoms with E-state index in [0.29, 0.717) is 6.04 Å². The van der Waals surface area contributed by atoms with E-state index in [-0.39, 0.29) is 0 Å². The topological polar surface area (TPSA) is 36.4 Å². The van der Waals surface area contributed by atoms with E-state index in [2.05, 4.69) is 15.6 Å². The third-order valence-corrected chi connectivity index (χ3v) is 2.63. The molecule has 0 aromatic rings. The van der Waals surface area contributed by atoms with E-state index in [1.165, 1.54) is 25.9 Å². The summed E-state index contributed by atoms with van der Waals surface area (Å²) in [7, 11) is 0. The largest absolute Gasteiger partial charge is 0.372 e. The van der Waals surface area contributed by atoms with Gasteiger partial charge in [-0.05, 0) is 31.8 Å². The fourth-order valence-corrected chi connectivity index (χ4v) is 1.90. The van der Waals surface area contributed by atoms with Crippen LogP contribution in [0.5, 0.6) is 0 Å². The van der Waals surface area contributed by atoms with Gasteiger partial charge < -0.3 is 10.6 Å². The van der Waals surface area contributed by atoms with Crippen LogP contribution in [-0.4, -0.2) is 32.0 Å². The maximum absolute atomic E-state index is 4.18. The highest BCUT2D eigenvalue weighted by Crippen LogP contribution is 2.17. The van der Waals surface area contributed by atoms with Gasteiger partial charge in [0.1, 0.15) is 0 Å². The predicted octanol–water partition coefficient (Wildman–Crippen LogP) is -0.0139. The van der Waals surface area contributed by atoms with E-state index in [1.54, 1.807) is 0 Å². The molecule has 0 aromatic heterocycles. The highest BCUT2D eigenvalue weighted by atomic mass is 15.1. The van der Waals surface area contributed by atoms with Crippen molar-refractivity contribution in [2.75, 3.05) is 19.6 Å².